The van der Waals surface area contributed by atoms with Crippen LogP contribution in [0.1, 0.15) is 60.9 Å². The molecule has 2 aliphatic rings. The number of benzene rings is 1. The summed E-state index contributed by atoms with van der Waals surface area (Å²) in [4.78, 5) is 28.3. The van der Waals surface area contributed by atoms with E-state index < -0.39 is 42.1 Å². The summed E-state index contributed by atoms with van der Waals surface area (Å²) in [6, 6.07) is 1.76. The first-order valence-electron chi connectivity index (χ1n) is 11.8. The van der Waals surface area contributed by atoms with Crippen LogP contribution in [-0.2, 0) is 18.8 Å². The van der Waals surface area contributed by atoms with Crippen molar-refractivity contribution in [2.45, 2.75) is 57.4 Å². The third kappa shape index (κ3) is 4.92. The highest BCUT2D eigenvalue weighted by molar-refractivity contribution is 6.63. The second-order valence-electron chi connectivity index (χ2n) is 9.99. The number of nitrogens with one attached hydrogen (secondary N) is 1. The number of esters is 1. The predicted molar refractivity (Wildman–Crippen MR) is 132 cm³/mol. The van der Waals surface area contributed by atoms with Crippen molar-refractivity contribution in [2.75, 3.05) is 25.6 Å². The summed E-state index contributed by atoms with van der Waals surface area (Å²) in [5.41, 5.74) is 4.09. The summed E-state index contributed by atoms with van der Waals surface area (Å²) in [5.74, 6) is -2.47. The molecule has 1 aromatic carbocycles. The molecular weight excluding hydrogens is 484 g/mol. The number of aromatic nitrogens is 2. The summed E-state index contributed by atoms with van der Waals surface area (Å²) in [7, 11) is 0.0846. The van der Waals surface area contributed by atoms with E-state index in [-0.39, 0.29) is 40.7 Å². The van der Waals surface area contributed by atoms with E-state index in [2.05, 4.69) is 15.3 Å². The van der Waals surface area contributed by atoms with Crippen molar-refractivity contribution in [2.24, 2.45) is 5.73 Å². The number of nitrogens with zero attached hydrogens (tertiary/aromatic N) is 3. The zero-order valence-corrected chi connectivity index (χ0v) is 21.3. The Balaban J connectivity index is 1.75. The molecule has 196 valence electrons. The summed E-state index contributed by atoms with van der Waals surface area (Å²) in [6.45, 7) is 15.5. The van der Waals surface area contributed by atoms with Crippen molar-refractivity contribution in [3.05, 3.63) is 46.7 Å². The third-order valence-corrected chi connectivity index (χ3v) is 7.07. The number of halogens is 1. The van der Waals surface area contributed by atoms with Gasteiger partial charge >= 0.3 is 13.1 Å². The zero-order valence-electron chi connectivity index (χ0n) is 21.3. The first-order chi connectivity index (χ1) is 17.4. The lowest BCUT2D eigenvalue weighted by Crippen LogP contribution is -2.41. The van der Waals surface area contributed by atoms with Crippen LogP contribution in [0.5, 0.6) is 0 Å². The Morgan fingerprint density at radius 3 is 2.57 bits per heavy atom. The Kier molecular flexibility index (Phi) is 7.03. The zero-order chi connectivity index (χ0) is 27.1. The fourth-order valence-corrected chi connectivity index (χ4v) is 4.26. The molecule has 1 amide bonds. The van der Waals surface area contributed by atoms with Gasteiger partial charge in [0.15, 0.2) is 5.82 Å². The van der Waals surface area contributed by atoms with Gasteiger partial charge in [-0.3, -0.25) is 9.48 Å². The molecule has 1 unspecified atom stereocenters. The van der Waals surface area contributed by atoms with Crippen LogP contribution in [-0.4, -0.2) is 66.3 Å². The number of primary amides is 1. The van der Waals surface area contributed by atoms with E-state index in [1.165, 1.54) is 16.9 Å². The van der Waals surface area contributed by atoms with E-state index in [1.54, 1.807) is 0 Å². The first-order valence-corrected chi connectivity index (χ1v) is 11.8. The predicted octanol–water partition coefficient (Wildman–Crippen LogP) is 2.20. The molecule has 4 rings (SSSR count). The smallest absolute Gasteiger partial charge is 0.465 e. The van der Waals surface area contributed by atoms with Crippen molar-refractivity contribution in [3.63, 3.8) is 0 Å². The normalized spacial score (nSPS) is 22.4. The van der Waals surface area contributed by atoms with E-state index in [4.69, 9.17) is 31.1 Å². The Morgan fingerprint density at radius 1 is 1.30 bits per heavy atom. The topological polar surface area (TPSA) is 131 Å². The highest BCUT2D eigenvalue weighted by atomic mass is 19.1. The Labute approximate surface area is 214 Å². The molecule has 1 aromatic heterocycles. The number of nitrogens with two attached hydrogens (primary N) is 1. The fourth-order valence-electron chi connectivity index (χ4n) is 4.26. The van der Waals surface area contributed by atoms with Crippen LogP contribution >= 0.6 is 0 Å². The number of hydrogen-bond donors (Lipinski definition) is 2. The van der Waals surface area contributed by atoms with Crippen LogP contribution in [0.4, 0.5) is 15.9 Å². The van der Waals surface area contributed by atoms with E-state index in [1.807, 2.05) is 27.7 Å². The second-order valence-corrected chi connectivity index (χ2v) is 9.99. The lowest BCUT2D eigenvalue weighted by molar-refractivity contribution is 0.00578. The average molecular weight is 513 g/mol. The van der Waals surface area contributed by atoms with Gasteiger partial charge in [0.1, 0.15) is 17.4 Å². The van der Waals surface area contributed by atoms with E-state index in [9.17, 15) is 9.59 Å². The number of ether oxygens (including phenoxy) is 2. The van der Waals surface area contributed by atoms with Crippen molar-refractivity contribution in [3.8, 4) is 0 Å². The third-order valence-electron chi connectivity index (χ3n) is 7.07. The maximum absolute atomic E-state index is 15.3. The molecule has 11 nitrogen and oxygen atoms in total. The lowest BCUT2D eigenvalue weighted by Gasteiger charge is -2.32. The summed E-state index contributed by atoms with van der Waals surface area (Å²) in [6.07, 6.45) is 1.97. The van der Waals surface area contributed by atoms with Gasteiger partial charge in [0.05, 0.1) is 37.1 Å². The number of methoxy groups -OCH3 is 1. The van der Waals surface area contributed by atoms with Gasteiger partial charge in [-0.1, -0.05) is 0 Å². The fraction of sp³-hybridized carbons (Fsp3) is 0.500. The second kappa shape index (κ2) is 9.77. The number of anilines is 2. The quantitative estimate of drug-likeness (QED) is 0.342. The van der Waals surface area contributed by atoms with Crippen LogP contribution in [0, 0.1) is 12.4 Å². The van der Waals surface area contributed by atoms with Gasteiger partial charge in [-0.25, -0.2) is 15.8 Å². The van der Waals surface area contributed by atoms with Crippen LogP contribution in [0.25, 0.3) is 4.85 Å². The van der Waals surface area contributed by atoms with Crippen LogP contribution in [0.2, 0.25) is 0 Å². The first kappa shape index (κ1) is 26.6. The molecule has 37 heavy (non-hydrogen) atoms. The van der Waals surface area contributed by atoms with Gasteiger partial charge in [-0.15, -0.1) is 0 Å². The molecule has 0 saturated carbocycles. The Hall–Kier alpha value is -3.47. The van der Waals surface area contributed by atoms with Crippen molar-refractivity contribution >= 4 is 36.0 Å². The molecule has 2 atom stereocenters. The molecule has 2 aliphatic heterocycles. The minimum Gasteiger partial charge on any atom is -0.465 e. The summed E-state index contributed by atoms with van der Waals surface area (Å²) in [5, 5.41) is 7.35. The van der Waals surface area contributed by atoms with Crippen molar-refractivity contribution in [1.82, 2.24) is 9.78 Å². The number of carbonyl (C=O) groups is 2. The van der Waals surface area contributed by atoms with Gasteiger partial charge in [-0.2, -0.15) is 5.10 Å². The maximum Gasteiger partial charge on any atom is 0.495 e. The molecule has 3 heterocycles. The molecule has 0 aliphatic carbocycles. The summed E-state index contributed by atoms with van der Waals surface area (Å²) < 4.78 is 39.2. The average Bonchev–Trinajstić information content (AvgIpc) is 3.35. The maximum atomic E-state index is 15.3. The largest absolute Gasteiger partial charge is 0.495 e. The molecule has 2 saturated heterocycles. The number of rotatable bonds is 6. The molecule has 0 spiro atoms. The SMILES string of the molecule is [C-]#[N+][C@H]1CCOCC1n1cc(C(N)=O)c(Nc2cc(F)c(C(=O)OC)c(B3OC(C)(C)C(C)(C)O3)c2)n1. The van der Waals surface area contributed by atoms with Crippen LogP contribution in [0.3, 0.4) is 0 Å². The monoisotopic (exact) mass is 513 g/mol. The Morgan fingerprint density at radius 2 is 1.97 bits per heavy atom. The van der Waals surface area contributed by atoms with Crippen LogP contribution in [0.15, 0.2) is 18.3 Å². The highest BCUT2D eigenvalue weighted by Crippen LogP contribution is 2.37. The molecule has 13 heteroatoms. The number of hydrogen-bond acceptors (Lipinski definition) is 8. The van der Waals surface area contributed by atoms with Crippen molar-refractivity contribution < 1.29 is 32.8 Å². The van der Waals surface area contributed by atoms with E-state index in [0.717, 1.165) is 13.2 Å². The molecule has 2 fully saturated rings. The highest BCUT2D eigenvalue weighted by Gasteiger charge is 2.53. The molecule has 0 bridgehead atoms. The molecular formula is C24H29BFN5O6. The van der Waals surface area contributed by atoms with E-state index >= 15 is 4.39 Å². The minimum absolute atomic E-state index is 0.0453. The molecule has 3 N–H and O–H groups in total. The summed E-state index contributed by atoms with van der Waals surface area (Å²) >= 11 is 0. The number of carbonyl (C=O) groups excluding carboxylic acids is 2. The van der Waals surface area contributed by atoms with Gasteiger partial charge in [0.2, 0.25) is 6.04 Å². The van der Waals surface area contributed by atoms with Crippen molar-refractivity contribution in [1.29, 1.82) is 0 Å². The van der Waals surface area contributed by atoms with E-state index in [0.29, 0.717) is 13.0 Å². The van der Waals surface area contributed by atoms with Gasteiger partial charge in [-0.05, 0) is 39.8 Å². The van der Waals surface area contributed by atoms with Gasteiger partial charge in [0, 0.05) is 23.8 Å². The van der Waals surface area contributed by atoms with Gasteiger partial charge in [0.25, 0.3) is 5.91 Å². The lowest BCUT2D eigenvalue weighted by atomic mass is 9.75. The van der Waals surface area contributed by atoms with Gasteiger partial charge < -0.3 is 34.7 Å². The minimum atomic E-state index is -1.07. The van der Waals surface area contributed by atoms with Crippen LogP contribution < -0.4 is 16.5 Å². The molecule has 0 radical (unpaired) electrons. The standard InChI is InChI=1S/C24H29BFN5O6/c1-23(2)24(3,4)37-25(36-23)15-9-13(10-16(26)19(15)22(33)34-6)29-21-14(20(27)32)11-31(30-21)18-12-35-8-7-17(18)28-5/h9-11,17-18H,7-8,12H2,1-4,6H3,(H2,27,32)(H,29,30)/t17-,18?/m0/s1. The number of amides is 1. The molecule has 2 aromatic rings. The Bertz CT molecular complexity index is 1260.